The minimum Gasteiger partial charge on any atom is -0.378 e. The molecule has 0 aromatic carbocycles. The Morgan fingerprint density at radius 1 is 1.50 bits per heavy atom. The highest BCUT2D eigenvalue weighted by Crippen LogP contribution is 2.09. The Morgan fingerprint density at radius 3 is 3.38 bits per heavy atom. The summed E-state index contributed by atoms with van der Waals surface area (Å²) in [5.41, 5.74) is 0. The molecule has 1 unspecified atom stereocenters. The summed E-state index contributed by atoms with van der Waals surface area (Å²) in [4.78, 5) is 2.41. The molecule has 1 saturated heterocycles. The van der Waals surface area contributed by atoms with E-state index < -0.39 is 0 Å². The predicted octanol–water partition coefficient (Wildman–Crippen LogP) is -0.918. The van der Waals surface area contributed by atoms with Crippen molar-refractivity contribution < 1.29 is 4.74 Å². The molecule has 0 radical (unpaired) electrons. The van der Waals surface area contributed by atoms with E-state index in [2.05, 4.69) is 25.0 Å². The Hall–Kier alpha value is -0.980. The number of nitrogens with zero attached hydrogens (tertiary/aromatic N) is 4. The first-order valence-corrected chi connectivity index (χ1v) is 5.82. The van der Waals surface area contributed by atoms with E-state index in [9.17, 15) is 0 Å². The standard InChI is InChI=1S/C10H17N5O/c1-4-16-7-9(11-1)5-14-2-3-15-8-12-13-10(15)6-14/h8-9,11H,1-7H2. The van der Waals surface area contributed by atoms with E-state index in [1.165, 1.54) is 0 Å². The van der Waals surface area contributed by atoms with Crippen molar-refractivity contribution in [2.24, 2.45) is 0 Å². The number of rotatable bonds is 2. The molecule has 1 fully saturated rings. The molecule has 16 heavy (non-hydrogen) atoms. The van der Waals surface area contributed by atoms with Gasteiger partial charge in [0.25, 0.3) is 0 Å². The van der Waals surface area contributed by atoms with Crippen molar-refractivity contribution in [1.82, 2.24) is 25.0 Å². The highest BCUT2D eigenvalue weighted by atomic mass is 16.5. The highest BCUT2D eigenvalue weighted by molar-refractivity contribution is 4.91. The van der Waals surface area contributed by atoms with Gasteiger partial charge >= 0.3 is 0 Å². The third-order valence-corrected chi connectivity index (χ3v) is 3.19. The van der Waals surface area contributed by atoms with Gasteiger partial charge in [0.05, 0.1) is 19.8 Å². The largest absolute Gasteiger partial charge is 0.378 e. The average Bonchev–Trinajstić information content (AvgIpc) is 2.77. The Morgan fingerprint density at radius 2 is 2.50 bits per heavy atom. The summed E-state index contributed by atoms with van der Waals surface area (Å²) in [6, 6.07) is 0.461. The quantitative estimate of drug-likeness (QED) is 0.703. The molecular weight excluding hydrogens is 206 g/mol. The van der Waals surface area contributed by atoms with Gasteiger partial charge in [0.2, 0.25) is 0 Å². The fourth-order valence-electron chi connectivity index (χ4n) is 2.32. The van der Waals surface area contributed by atoms with Crippen LogP contribution in [0, 0.1) is 0 Å². The molecule has 0 bridgehead atoms. The summed E-state index contributed by atoms with van der Waals surface area (Å²) in [5.74, 6) is 1.07. The maximum Gasteiger partial charge on any atom is 0.147 e. The maximum atomic E-state index is 5.46. The molecular formula is C10H17N5O. The lowest BCUT2D eigenvalue weighted by Crippen LogP contribution is -2.49. The van der Waals surface area contributed by atoms with Gasteiger partial charge in [0.15, 0.2) is 0 Å². The summed E-state index contributed by atoms with van der Waals surface area (Å²) in [6.07, 6.45) is 1.81. The van der Waals surface area contributed by atoms with Crippen LogP contribution >= 0.6 is 0 Å². The molecule has 1 atom stereocenters. The van der Waals surface area contributed by atoms with E-state index >= 15 is 0 Å². The van der Waals surface area contributed by atoms with Crippen LogP contribution in [-0.2, 0) is 17.8 Å². The molecule has 1 aromatic rings. The number of morpholine rings is 1. The second-order valence-electron chi connectivity index (χ2n) is 4.40. The van der Waals surface area contributed by atoms with E-state index in [4.69, 9.17) is 4.74 Å². The molecule has 0 saturated carbocycles. The van der Waals surface area contributed by atoms with E-state index in [0.29, 0.717) is 6.04 Å². The minimum atomic E-state index is 0.461. The summed E-state index contributed by atoms with van der Waals surface area (Å²) < 4.78 is 7.58. The number of hydrogen-bond donors (Lipinski definition) is 1. The van der Waals surface area contributed by atoms with Crippen LogP contribution < -0.4 is 5.32 Å². The zero-order valence-corrected chi connectivity index (χ0v) is 9.30. The van der Waals surface area contributed by atoms with Gasteiger partial charge in [-0.1, -0.05) is 0 Å². The molecule has 1 N–H and O–H groups in total. The maximum absolute atomic E-state index is 5.46. The smallest absolute Gasteiger partial charge is 0.147 e. The first-order valence-electron chi connectivity index (χ1n) is 5.82. The molecule has 1 aromatic heterocycles. The van der Waals surface area contributed by atoms with Gasteiger partial charge in [-0.05, 0) is 0 Å². The first kappa shape index (κ1) is 10.2. The monoisotopic (exact) mass is 223 g/mol. The average molecular weight is 223 g/mol. The first-order chi connectivity index (χ1) is 7.92. The second kappa shape index (κ2) is 4.48. The Kier molecular flexibility index (Phi) is 2.86. The number of aromatic nitrogens is 3. The molecule has 2 aliphatic heterocycles. The molecule has 0 spiro atoms. The SMILES string of the molecule is c1nnc2n1CCN(CC1COCCN1)C2. The van der Waals surface area contributed by atoms with Crippen LogP contribution in [-0.4, -0.2) is 58.6 Å². The van der Waals surface area contributed by atoms with E-state index in [-0.39, 0.29) is 0 Å². The van der Waals surface area contributed by atoms with Crippen LogP contribution in [0.5, 0.6) is 0 Å². The minimum absolute atomic E-state index is 0.461. The molecule has 2 aliphatic rings. The normalized spacial score (nSPS) is 26.6. The van der Waals surface area contributed by atoms with Crippen molar-refractivity contribution in [3.63, 3.8) is 0 Å². The molecule has 6 nitrogen and oxygen atoms in total. The van der Waals surface area contributed by atoms with Crippen LogP contribution in [0.3, 0.4) is 0 Å². The van der Waals surface area contributed by atoms with Crippen molar-refractivity contribution in [2.45, 2.75) is 19.1 Å². The van der Waals surface area contributed by atoms with Crippen LogP contribution in [0.4, 0.5) is 0 Å². The Bertz CT molecular complexity index is 347. The van der Waals surface area contributed by atoms with E-state index in [1.54, 1.807) is 0 Å². The van der Waals surface area contributed by atoms with E-state index in [0.717, 1.165) is 51.8 Å². The molecule has 88 valence electrons. The van der Waals surface area contributed by atoms with Crippen LogP contribution in [0.2, 0.25) is 0 Å². The third-order valence-electron chi connectivity index (χ3n) is 3.19. The van der Waals surface area contributed by atoms with Gasteiger partial charge in [-0.3, -0.25) is 4.90 Å². The number of ether oxygens (including phenoxy) is 1. The Labute approximate surface area is 94.6 Å². The Balaban J connectivity index is 1.57. The van der Waals surface area contributed by atoms with Gasteiger partial charge in [0.1, 0.15) is 12.2 Å². The van der Waals surface area contributed by atoms with Crippen LogP contribution in [0.1, 0.15) is 5.82 Å². The summed E-state index contributed by atoms with van der Waals surface area (Å²) in [7, 11) is 0. The summed E-state index contributed by atoms with van der Waals surface area (Å²) >= 11 is 0. The van der Waals surface area contributed by atoms with Crippen LogP contribution in [0.25, 0.3) is 0 Å². The van der Waals surface area contributed by atoms with Gasteiger partial charge in [-0.15, -0.1) is 10.2 Å². The van der Waals surface area contributed by atoms with Crippen molar-refractivity contribution in [3.8, 4) is 0 Å². The molecule has 0 aliphatic carbocycles. The van der Waals surface area contributed by atoms with Crippen molar-refractivity contribution in [1.29, 1.82) is 0 Å². The van der Waals surface area contributed by atoms with E-state index in [1.807, 2.05) is 6.33 Å². The fourth-order valence-corrected chi connectivity index (χ4v) is 2.32. The topological polar surface area (TPSA) is 55.2 Å². The number of hydrogen-bond acceptors (Lipinski definition) is 5. The zero-order chi connectivity index (χ0) is 10.8. The van der Waals surface area contributed by atoms with Crippen LogP contribution in [0.15, 0.2) is 6.33 Å². The van der Waals surface area contributed by atoms with Gasteiger partial charge in [0, 0.05) is 32.2 Å². The molecule has 3 heterocycles. The second-order valence-corrected chi connectivity index (χ2v) is 4.40. The number of fused-ring (bicyclic) bond motifs is 1. The molecule has 0 amide bonds. The summed E-state index contributed by atoms with van der Waals surface area (Å²) in [5, 5.41) is 11.5. The lowest BCUT2D eigenvalue weighted by atomic mass is 10.2. The van der Waals surface area contributed by atoms with Gasteiger partial charge < -0.3 is 14.6 Å². The third kappa shape index (κ3) is 2.09. The summed E-state index contributed by atoms with van der Waals surface area (Å²) in [6.45, 7) is 6.63. The highest BCUT2D eigenvalue weighted by Gasteiger charge is 2.21. The zero-order valence-electron chi connectivity index (χ0n) is 9.30. The molecule has 6 heteroatoms. The number of nitrogens with one attached hydrogen (secondary N) is 1. The lowest BCUT2D eigenvalue weighted by Gasteiger charge is -2.32. The van der Waals surface area contributed by atoms with Crippen molar-refractivity contribution in [3.05, 3.63) is 12.2 Å². The predicted molar refractivity (Wildman–Crippen MR) is 57.9 cm³/mol. The fraction of sp³-hybridized carbons (Fsp3) is 0.800. The lowest BCUT2D eigenvalue weighted by molar-refractivity contribution is 0.0572. The van der Waals surface area contributed by atoms with Gasteiger partial charge in [-0.2, -0.15) is 0 Å². The van der Waals surface area contributed by atoms with Crippen molar-refractivity contribution in [2.75, 3.05) is 32.8 Å². The van der Waals surface area contributed by atoms with Crippen molar-refractivity contribution >= 4 is 0 Å². The molecule has 3 rings (SSSR count). The van der Waals surface area contributed by atoms with Gasteiger partial charge in [-0.25, -0.2) is 0 Å².